The second-order valence-corrected chi connectivity index (χ2v) is 9.70. The minimum absolute atomic E-state index is 0.139. The van der Waals surface area contributed by atoms with Gasteiger partial charge in [-0.25, -0.2) is 9.97 Å². The van der Waals surface area contributed by atoms with Crippen molar-refractivity contribution in [3.05, 3.63) is 34.7 Å². The molecule has 0 N–H and O–H groups in total. The summed E-state index contributed by atoms with van der Waals surface area (Å²) >= 11 is 0. The number of anilines is 2. The van der Waals surface area contributed by atoms with E-state index in [1.807, 2.05) is 16.0 Å². The molecule has 10 nitrogen and oxygen atoms in total. The van der Waals surface area contributed by atoms with E-state index in [4.69, 9.17) is 20.1 Å². The molecule has 0 aliphatic carbocycles. The molecular formula is C24H34N10. The predicted molar refractivity (Wildman–Crippen MR) is 133 cm³/mol. The first-order chi connectivity index (χ1) is 16.3. The highest BCUT2D eigenvalue weighted by molar-refractivity contribution is 5.58. The van der Waals surface area contributed by atoms with Crippen LogP contribution in [0.5, 0.6) is 0 Å². The minimum atomic E-state index is 0.139. The first kappa shape index (κ1) is 22.5. The van der Waals surface area contributed by atoms with Crippen molar-refractivity contribution >= 4 is 23.2 Å². The van der Waals surface area contributed by atoms with Crippen LogP contribution >= 0.6 is 0 Å². The summed E-state index contributed by atoms with van der Waals surface area (Å²) in [5, 5.41) is 9.42. The first-order valence-corrected chi connectivity index (χ1v) is 12.2. The molecule has 0 saturated carbocycles. The zero-order valence-electron chi connectivity index (χ0n) is 21.2. The van der Waals surface area contributed by atoms with E-state index in [9.17, 15) is 0 Å². The number of hydrogen-bond acceptors (Lipinski definition) is 8. The third-order valence-electron chi connectivity index (χ3n) is 6.91. The lowest BCUT2D eigenvalue weighted by atomic mass is 9.96. The molecule has 0 bridgehead atoms. The van der Waals surface area contributed by atoms with Crippen molar-refractivity contribution < 1.29 is 0 Å². The van der Waals surface area contributed by atoms with Crippen LogP contribution in [0.2, 0.25) is 0 Å². The van der Waals surface area contributed by atoms with Crippen LogP contribution in [0.4, 0.5) is 11.6 Å². The van der Waals surface area contributed by atoms with Crippen molar-refractivity contribution in [1.29, 1.82) is 0 Å². The Morgan fingerprint density at radius 2 is 1.68 bits per heavy atom. The van der Waals surface area contributed by atoms with Gasteiger partial charge in [0, 0.05) is 55.6 Å². The Morgan fingerprint density at radius 1 is 0.971 bits per heavy atom. The average molecular weight is 463 g/mol. The van der Waals surface area contributed by atoms with Gasteiger partial charge in [0.2, 0.25) is 0 Å². The molecule has 1 saturated heterocycles. The lowest BCUT2D eigenvalue weighted by Gasteiger charge is -2.35. The Balaban J connectivity index is 1.58. The molecule has 0 radical (unpaired) electrons. The van der Waals surface area contributed by atoms with Gasteiger partial charge < -0.3 is 9.80 Å². The van der Waals surface area contributed by atoms with E-state index in [2.05, 4.69) is 61.5 Å². The number of aryl methyl sites for hydroxylation is 2. The Hall–Kier alpha value is -3.30. The van der Waals surface area contributed by atoms with E-state index in [1.54, 1.807) is 6.33 Å². The molecule has 0 aromatic carbocycles. The molecule has 180 valence electrons. The van der Waals surface area contributed by atoms with Crippen LogP contribution in [0, 0.1) is 13.8 Å². The largest absolute Gasteiger partial charge is 0.359 e. The molecule has 1 atom stereocenters. The Morgan fingerprint density at radius 3 is 2.32 bits per heavy atom. The van der Waals surface area contributed by atoms with E-state index in [0.717, 1.165) is 54.0 Å². The van der Waals surface area contributed by atoms with Gasteiger partial charge in [-0.15, -0.1) is 5.10 Å². The molecular weight excluding hydrogens is 428 g/mol. The smallest absolute Gasteiger partial charge is 0.254 e. The number of rotatable bonds is 7. The molecule has 0 amide bonds. The minimum Gasteiger partial charge on any atom is -0.359 e. The van der Waals surface area contributed by atoms with Crippen molar-refractivity contribution in [2.24, 2.45) is 0 Å². The fraction of sp³-hybridized carbons (Fsp3) is 0.583. The topological polar surface area (TPSA) is 92.6 Å². The van der Waals surface area contributed by atoms with E-state index in [1.165, 1.54) is 12.0 Å². The van der Waals surface area contributed by atoms with Crippen LogP contribution in [0.1, 0.15) is 74.3 Å². The quantitative estimate of drug-likeness (QED) is 0.413. The van der Waals surface area contributed by atoms with E-state index in [-0.39, 0.29) is 5.92 Å². The molecule has 1 unspecified atom stereocenters. The summed E-state index contributed by atoms with van der Waals surface area (Å²) in [6.45, 7) is 15.9. The molecule has 10 heteroatoms. The first-order valence-electron chi connectivity index (χ1n) is 12.2. The van der Waals surface area contributed by atoms with Crippen LogP contribution in [0.3, 0.4) is 0 Å². The highest BCUT2D eigenvalue weighted by Crippen LogP contribution is 2.34. The summed E-state index contributed by atoms with van der Waals surface area (Å²) in [4.78, 5) is 23.3. The number of aromatic nitrogens is 8. The maximum absolute atomic E-state index is 4.97. The Labute approximate surface area is 200 Å². The molecule has 1 aliphatic heterocycles. The van der Waals surface area contributed by atoms with Crippen molar-refractivity contribution in [2.75, 3.05) is 36.5 Å². The van der Waals surface area contributed by atoms with Gasteiger partial charge in [-0.05, 0) is 39.0 Å². The zero-order chi connectivity index (χ0) is 24.1. The van der Waals surface area contributed by atoms with Crippen LogP contribution in [0.25, 0.3) is 11.6 Å². The fourth-order valence-electron chi connectivity index (χ4n) is 5.06. The monoisotopic (exact) mass is 462 g/mol. The maximum atomic E-state index is 4.97. The number of hydrogen-bond donors (Lipinski definition) is 0. The van der Waals surface area contributed by atoms with Gasteiger partial charge in [0.25, 0.3) is 11.6 Å². The van der Waals surface area contributed by atoms with Gasteiger partial charge in [0.1, 0.15) is 18.0 Å². The van der Waals surface area contributed by atoms with Crippen molar-refractivity contribution in [3.63, 3.8) is 0 Å². The van der Waals surface area contributed by atoms with Crippen molar-refractivity contribution in [1.82, 2.24) is 39.2 Å². The molecule has 5 rings (SSSR count). The zero-order valence-corrected chi connectivity index (χ0v) is 21.2. The number of fused-ring (bicyclic) bond motifs is 2. The summed E-state index contributed by atoms with van der Waals surface area (Å²) < 4.78 is 3.80. The summed E-state index contributed by atoms with van der Waals surface area (Å²) in [5.74, 6) is 4.79. The van der Waals surface area contributed by atoms with Gasteiger partial charge >= 0.3 is 0 Å². The Bertz CT molecular complexity index is 1350. The second-order valence-electron chi connectivity index (χ2n) is 9.70. The molecule has 34 heavy (non-hydrogen) atoms. The van der Waals surface area contributed by atoms with Crippen LogP contribution < -0.4 is 9.80 Å². The average Bonchev–Trinajstić information content (AvgIpc) is 3.36. The lowest BCUT2D eigenvalue weighted by molar-refractivity contribution is 0.589. The van der Waals surface area contributed by atoms with Crippen LogP contribution in [-0.2, 0) is 6.42 Å². The maximum Gasteiger partial charge on any atom is 0.254 e. The van der Waals surface area contributed by atoms with Gasteiger partial charge in [-0.2, -0.15) is 24.1 Å². The number of nitrogens with zero attached hydrogens (tertiary/aromatic N) is 10. The fourth-order valence-corrected chi connectivity index (χ4v) is 5.06. The Kier molecular flexibility index (Phi) is 5.61. The molecule has 1 fully saturated rings. The highest BCUT2D eigenvalue weighted by atomic mass is 15.4. The van der Waals surface area contributed by atoms with Crippen molar-refractivity contribution in [3.8, 4) is 0 Å². The molecule has 5 heterocycles. The molecule has 0 spiro atoms. The van der Waals surface area contributed by atoms with Gasteiger partial charge in [0.05, 0.1) is 0 Å². The summed E-state index contributed by atoms with van der Waals surface area (Å²) in [5.41, 5.74) is 4.42. The highest BCUT2D eigenvalue weighted by Gasteiger charge is 2.28. The summed E-state index contributed by atoms with van der Waals surface area (Å²) in [6, 6.07) is 0. The second kappa shape index (κ2) is 8.48. The predicted octanol–water partition coefficient (Wildman–Crippen LogP) is 3.31. The van der Waals surface area contributed by atoms with Gasteiger partial charge in [-0.3, -0.25) is 0 Å². The van der Waals surface area contributed by atoms with E-state index in [0.29, 0.717) is 23.9 Å². The third-order valence-corrected chi connectivity index (χ3v) is 6.91. The lowest BCUT2D eigenvalue weighted by Crippen LogP contribution is -2.39. The van der Waals surface area contributed by atoms with Crippen molar-refractivity contribution in [2.45, 2.75) is 66.2 Å². The van der Waals surface area contributed by atoms with Gasteiger partial charge in [0.15, 0.2) is 5.82 Å². The summed E-state index contributed by atoms with van der Waals surface area (Å²) in [6.07, 6.45) is 3.46. The SMILES string of the molecule is CCN(C)c1c(C(C)Cc2nc3nc(C)c(C(C)C)c(N4CCC4)n3n2)c(C)nc2ncnn12. The third kappa shape index (κ3) is 3.56. The van der Waals surface area contributed by atoms with Crippen LogP contribution in [-0.4, -0.2) is 65.8 Å². The molecule has 4 aromatic rings. The molecule has 4 aromatic heterocycles. The van der Waals surface area contributed by atoms with Gasteiger partial charge in [-0.1, -0.05) is 20.8 Å². The molecule has 1 aliphatic rings. The normalized spacial score (nSPS) is 14.9. The van der Waals surface area contributed by atoms with E-state index < -0.39 is 0 Å². The summed E-state index contributed by atoms with van der Waals surface area (Å²) in [7, 11) is 2.08. The standard InChI is InChI=1S/C24H34N10/c1-8-31(7)21-20(17(6)27-23-25-13-26-33(21)23)15(4)12-18-29-24-28-16(5)19(14(2)3)22(34(24)30-18)32-10-9-11-32/h13-15H,8-12H2,1-7H3. The van der Waals surface area contributed by atoms with E-state index >= 15 is 0 Å². The van der Waals surface area contributed by atoms with Crippen LogP contribution in [0.15, 0.2) is 6.33 Å².